The molecule has 7 heteroatoms. The first kappa shape index (κ1) is 12.5. The number of nitrogens with zero attached hydrogens (tertiary/aromatic N) is 1. The van der Waals surface area contributed by atoms with Gasteiger partial charge < -0.3 is 9.72 Å². The molecule has 0 radical (unpaired) electrons. The predicted octanol–water partition coefficient (Wildman–Crippen LogP) is 3.12. The van der Waals surface area contributed by atoms with Crippen LogP contribution in [0.1, 0.15) is 10.4 Å². The zero-order valence-electron chi connectivity index (χ0n) is 8.63. The zero-order valence-corrected chi connectivity index (χ0v) is 10.9. The fourth-order valence-corrected chi connectivity index (χ4v) is 1.83. The summed E-state index contributed by atoms with van der Waals surface area (Å²) < 4.78 is 3.14. The molecule has 2 rings (SSSR count). The first-order valence-corrected chi connectivity index (χ1v) is 5.70. The van der Waals surface area contributed by atoms with E-state index in [0.29, 0.717) is 16.8 Å². The summed E-state index contributed by atoms with van der Waals surface area (Å²) in [5.41, 5.74) is 0.743. The minimum Gasteiger partial charge on any atom is -0.496 e. The predicted molar refractivity (Wildman–Crippen MR) is 67.3 cm³/mol. The van der Waals surface area contributed by atoms with Crippen molar-refractivity contribution in [1.29, 1.82) is 0 Å². The molecule has 0 aromatic carbocycles. The number of alkyl halides is 3. The number of hydrogen-bond acceptors (Lipinski definition) is 3. The number of ether oxygens (including phenoxy) is 1. The summed E-state index contributed by atoms with van der Waals surface area (Å²) in [5, 5.41) is 0.506. The molecule has 1 N–H and O–H groups in total. The van der Waals surface area contributed by atoms with E-state index < -0.39 is 9.58 Å². The van der Waals surface area contributed by atoms with E-state index in [-0.39, 0.29) is 5.56 Å². The average molecular weight is 294 g/mol. The first-order chi connectivity index (χ1) is 7.95. The molecule has 0 saturated heterocycles. The van der Waals surface area contributed by atoms with E-state index in [2.05, 4.69) is 9.97 Å². The second-order valence-electron chi connectivity index (χ2n) is 3.27. The van der Waals surface area contributed by atoms with Crippen LogP contribution in [0.4, 0.5) is 0 Å². The minimum absolute atomic E-state index is 0.241. The molecule has 0 amide bonds. The molecule has 2 aromatic rings. The lowest BCUT2D eigenvalue weighted by Crippen LogP contribution is -2.18. The van der Waals surface area contributed by atoms with Gasteiger partial charge in [0.05, 0.1) is 18.1 Å². The van der Waals surface area contributed by atoms with Gasteiger partial charge >= 0.3 is 0 Å². The molecular formula is C10H7Cl3N2O2. The quantitative estimate of drug-likeness (QED) is 0.683. The summed E-state index contributed by atoms with van der Waals surface area (Å²) in [5.74, 6) is -0.131. The number of H-pyrrole nitrogens is 1. The van der Waals surface area contributed by atoms with Gasteiger partial charge in [-0.05, 0) is 6.07 Å². The van der Waals surface area contributed by atoms with Gasteiger partial charge in [0.1, 0.15) is 11.4 Å². The van der Waals surface area contributed by atoms with Gasteiger partial charge in [0, 0.05) is 12.4 Å². The van der Waals surface area contributed by atoms with E-state index in [0.717, 1.165) is 0 Å². The van der Waals surface area contributed by atoms with Crippen LogP contribution in [-0.4, -0.2) is 26.7 Å². The fraction of sp³-hybridized carbons (Fsp3) is 0.200. The number of hydrogen-bond donors (Lipinski definition) is 1. The monoisotopic (exact) mass is 292 g/mol. The molecule has 0 atom stereocenters. The first-order valence-electron chi connectivity index (χ1n) is 4.56. The van der Waals surface area contributed by atoms with Crippen LogP contribution in [0.25, 0.3) is 11.0 Å². The second-order valence-corrected chi connectivity index (χ2v) is 5.55. The molecule has 0 saturated carbocycles. The second kappa shape index (κ2) is 4.37. The molecule has 0 fully saturated rings. The maximum atomic E-state index is 11.9. The normalized spacial score (nSPS) is 11.8. The maximum Gasteiger partial charge on any atom is 0.253 e. The number of nitrogens with one attached hydrogen (secondary N) is 1. The number of Topliss-reactive ketones (excluding diaryl/α,β-unsaturated/α-hetero) is 1. The van der Waals surface area contributed by atoms with Crippen LogP contribution in [-0.2, 0) is 0 Å². The SMILES string of the molecule is COc1ccnc2[nH]cc(C(=O)C(Cl)(Cl)Cl)c12. The molecule has 17 heavy (non-hydrogen) atoms. The van der Waals surface area contributed by atoms with Crippen LogP contribution < -0.4 is 4.74 Å². The molecule has 2 heterocycles. The Bertz CT molecular complexity index is 574. The smallest absolute Gasteiger partial charge is 0.253 e. The molecule has 0 spiro atoms. The number of aromatic nitrogens is 2. The van der Waals surface area contributed by atoms with Gasteiger partial charge in [0.15, 0.2) is 0 Å². The molecule has 0 aliphatic rings. The molecule has 4 nitrogen and oxygen atoms in total. The Morgan fingerprint density at radius 1 is 1.47 bits per heavy atom. The topological polar surface area (TPSA) is 55.0 Å². The minimum atomic E-state index is -2.00. The lowest BCUT2D eigenvalue weighted by Gasteiger charge is -2.09. The Kier molecular flexibility index (Phi) is 3.21. The standard InChI is InChI=1S/C10H7Cl3N2O2/c1-17-6-2-3-14-9-7(6)5(4-15-9)8(16)10(11,12)13/h2-4H,1H3,(H,14,15). The van der Waals surface area contributed by atoms with E-state index in [1.807, 2.05) is 0 Å². The fourth-order valence-electron chi connectivity index (χ4n) is 1.53. The van der Waals surface area contributed by atoms with E-state index in [9.17, 15) is 4.79 Å². The lowest BCUT2D eigenvalue weighted by molar-refractivity contribution is 0.0998. The third kappa shape index (κ3) is 2.20. The third-order valence-electron chi connectivity index (χ3n) is 2.26. The molecule has 0 aliphatic heterocycles. The Morgan fingerprint density at radius 2 is 2.18 bits per heavy atom. The van der Waals surface area contributed by atoms with Crippen LogP contribution in [0.15, 0.2) is 18.5 Å². The summed E-state index contributed by atoms with van der Waals surface area (Å²) in [6, 6.07) is 1.63. The van der Waals surface area contributed by atoms with Gasteiger partial charge in [-0.15, -0.1) is 0 Å². The van der Waals surface area contributed by atoms with Gasteiger partial charge in [-0.1, -0.05) is 34.8 Å². The number of pyridine rings is 1. The average Bonchev–Trinajstić information content (AvgIpc) is 2.70. The van der Waals surface area contributed by atoms with Crippen molar-refractivity contribution in [3.8, 4) is 5.75 Å². The number of carbonyl (C=O) groups is 1. The maximum absolute atomic E-state index is 11.9. The number of fused-ring (bicyclic) bond motifs is 1. The number of aromatic amines is 1. The van der Waals surface area contributed by atoms with Crippen molar-refractivity contribution in [3.05, 3.63) is 24.0 Å². The van der Waals surface area contributed by atoms with E-state index in [1.165, 1.54) is 13.3 Å². The number of rotatable bonds is 2. The van der Waals surface area contributed by atoms with Crippen molar-refractivity contribution in [3.63, 3.8) is 0 Å². The summed E-state index contributed by atoms with van der Waals surface area (Å²) in [6.07, 6.45) is 3.01. The van der Waals surface area contributed by atoms with Gasteiger partial charge in [0.25, 0.3) is 3.79 Å². The van der Waals surface area contributed by atoms with Crippen LogP contribution in [0.5, 0.6) is 5.75 Å². The Balaban J connectivity index is 2.67. The Hall–Kier alpha value is -0.970. The van der Waals surface area contributed by atoms with Crippen LogP contribution in [0, 0.1) is 0 Å². The highest BCUT2D eigenvalue weighted by molar-refractivity contribution is 6.77. The summed E-state index contributed by atoms with van der Waals surface area (Å²) in [6.45, 7) is 0. The van der Waals surface area contributed by atoms with E-state index >= 15 is 0 Å². The van der Waals surface area contributed by atoms with Crippen molar-refractivity contribution in [1.82, 2.24) is 9.97 Å². The van der Waals surface area contributed by atoms with Gasteiger partial charge in [-0.3, -0.25) is 4.79 Å². The number of methoxy groups -OCH3 is 1. The van der Waals surface area contributed by atoms with Crippen molar-refractivity contribution < 1.29 is 9.53 Å². The Morgan fingerprint density at radius 3 is 2.76 bits per heavy atom. The Labute approximate surface area is 112 Å². The molecular weight excluding hydrogens is 286 g/mol. The lowest BCUT2D eigenvalue weighted by atomic mass is 10.1. The molecule has 0 aliphatic carbocycles. The van der Waals surface area contributed by atoms with Crippen molar-refractivity contribution in [2.75, 3.05) is 7.11 Å². The van der Waals surface area contributed by atoms with Gasteiger partial charge in [0.2, 0.25) is 5.78 Å². The molecule has 0 unspecified atom stereocenters. The zero-order chi connectivity index (χ0) is 12.6. The van der Waals surface area contributed by atoms with Crippen molar-refractivity contribution >= 4 is 51.6 Å². The third-order valence-corrected chi connectivity index (χ3v) is 2.77. The van der Waals surface area contributed by atoms with Crippen LogP contribution in [0.2, 0.25) is 0 Å². The molecule has 90 valence electrons. The molecule has 2 aromatic heterocycles. The van der Waals surface area contributed by atoms with Crippen LogP contribution in [0.3, 0.4) is 0 Å². The van der Waals surface area contributed by atoms with Gasteiger partial charge in [-0.25, -0.2) is 4.98 Å². The highest BCUT2D eigenvalue weighted by Gasteiger charge is 2.34. The number of carbonyl (C=O) groups excluding carboxylic acids is 1. The number of ketones is 1. The molecule has 0 bridgehead atoms. The largest absolute Gasteiger partial charge is 0.496 e. The van der Waals surface area contributed by atoms with Crippen molar-refractivity contribution in [2.45, 2.75) is 3.79 Å². The van der Waals surface area contributed by atoms with E-state index in [4.69, 9.17) is 39.5 Å². The summed E-state index contributed by atoms with van der Waals surface area (Å²) in [7, 11) is 1.49. The highest BCUT2D eigenvalue weighted by Crippen LogP contribution is 2.35. The van der Waals surface area contributed by atoms with Crippen molar-refractivity contribution in [2.24, 2.45) is 0 Å². The number of halogens is 3. The summed E-state index contributed by atoms with van der Waals surface area (Å²) >= 11 is 16.7. The highest BCUT2D eigenvalue weighted by atomic mass is 35.6. The summed E-state index contributed by atoms with van der Waals surface area (Å²) in [4.78, 5) is 18.8. The van der Waals surface area contributed by atoms with E-state index in [1.54, 1.807) is 12.3 Å². The van der Waals surface area contributed by atoms with Crippen LogP contribution >= 0.6 is 34.8 Å². The van der Waals surface area contributed by atoms with Gasteiger partial charge in [-0.2, -0.15) is 0 Å².